The molecule has 550 valence electrons. The number of fused-ring (bicyclic) bond motifs is 21. The molecule has 7 aromatic carbocycles. The summed E-state index contributed by atoms with van der Waals surface area (Å²) in [4.78, 5) is 0. The molecule has 21 aromatic rings. The number of aryl methyl sites for hydroxylation is 19. The average Bonchev–Trinajstić information content (AvgIpc) is 1.47. The molecule has 0 radical (unpaired) electrons. The number of aromatic nitrogens is 10. The SMILES string of the molecule is Cc1c(C)n(C)c2c1c1ccccc1n2C.Cc1c(C)n(C)c2c3ccccc3n(C)c12.Cc1c(C)n(C)c2c3ccccc3n(C)c12.Cc1c(C)n(C)c2oc3ccccc3c12.Cc1c(C)n(C)c2oc3ccccc3c12.Cc1oc2c(c1C)c1ccccc1n2C.Cc1oc2c(c1C)c1ccccc1n2C. The van der Waals surface area contributed by atoms with Crippen LogP contribution in [-0.4, -0.2) is 45.7 Å². The summed E-state index contributed by atoms with van der Waals surface area (Å²) in [6, 6.07) is 59.0. The number of benzene rings is 7. The van der Waals surface area contributed by atoms with E-state index in [0.29, 0.717) is 0 Å². The second-order valence-electron chi connectivity index (χ2n) is 29.8. The van der Waals surface area contributed by atoms with Gasteiger partial charge in [-0.15, -0.1) is 0 Å². The second-order valence-corrected chi connectivity index (χ2v) is 29.8. The zero-order valence-corrected chi connectivity index (χ0v) is 67.3. The van der Waals surface area contributed by atoms with Gasteiger partial charge in [0, 0.05) is 153 Å². The zero-order chi connectivity index (χ0) is 76.6. The molecule has 21 rings (SSSR count). The van der Waals surface area contributed by atoms with Crippen molar-refractivity contribution in [3.05, 3.63) is 249 Å². The van der Waals surface area contributed by atoms with E-state index in [4.69, 9.17) is 17.7 Å². The lowest BCUT2D eigenvalue weighted by Gasteiger charge is -2.03. The molecule has 0 aliphatic heterocycles. The van der Waals surface area contributed by atoms with Gasteiger partial charge in [0.1, 0.15) is 28.3 Å². The van der Waals surface area contributed by atoms with E-state index >= 15 is 0 Å². The Balaban J connectivity index is 0.000000101. The Labute approximate surface area is 629 Å². The normalized spacial score (nSPS) is 11.7. The maximum atomic E-state index is 5.85. The fourth-order valence-electron chi connectivity index (χ4n) is 17.1. The Morgan fingerprint density at radius 1 is 0.194 bits per heavy atom. The molecule has 14 heterocycles. The van der Waals surface area contributed by atoms with Crippen molar-refractivity contribution >= 4 is 154 Å². The van der Waals surface area contributed by atoms with Gasteiger partial charge in [0.2, 0.25) is 22.9 Å². The highest BCUT2D eigenvalue weighted by molar-refractivity contribution is 6.13. The molecule has 0 amide bonds. The summed E-state index contributed by atoms with van der Waals surface area (Å²) in [6.07, 6.45) is 0. The van der Waals surface area contributed by atoms with Crippen molar-refractivity contribution in [3.8, 4) is 0 Å². The van der Waals surface area contributed by atoms with Gasteiger partial charge in [0.05, 0.1) is 71.2 Å². The third-order valence-corrected chi connectivity index (χ3v) is 24.5. The molecule has 14 heteroatoms. The quantitative estimate of drug-likeness (QED) is 0.151. The molecule has 14 nitrogen and oxygen atoms in total. The first kappa shape index (κ1) is 71.7. The van der Waals surface area contributed by atoms with E-state index in [1.807, 2.05) is 66.3 Å². The third kappa shape index (κ3) is 10.9. The average molecular weight is 1430 g/mol. The second kappa shape index (κ2) is 27.2. The van der Waals surface area contributed by atoms with Gasteiger partial charge in [-0.1, -0.05) is 127 Å². The number of hydrogen-bond acceptors (Lipinski definition) is 4. The maximum absolute atomic E-state index is 5.85. The monoisotopic (exact) mass is 1430 g/mol. The topological polar surface area (TPSA) is 102 Å². The van der Waals surface area contributed by atoms with Crippen molar-refractivity contribution in [2.24, 2.45) is 70.5 Å². The molecule has 0 atom stereocenters. The van der Waals surface area contributed by atoms with Gasteiger partial charge in [-0.05, 0) is 167 Å². The lowest BCUT2D eigenvalue weighted by atomic mass is 10.1. The molecule has 0 aliphatic carbocycles. The minimum Gasteiger partial charge on any atom is -0.445 e. The van der Waals surface area contributed by atoms with Crippen LogP contribution in [0.3, 0.4) is 0 Å². The first-order valence-electron chi connectivity index (χ1n) is 37.4. The maximum Gasteiger partial charge on any atom is 0.208 e. The Morgan fingerprint density at radius 3 is 0.824 bits per heavy atom. The highest BCUT2D eigenvalue weighted by Gasteiger charge is 2.23. The molecule has 0 aliphatic rings. The Hall–Kier alpha value is -11.9. The summed E-state index contributed by atoms with van der Waals surface area (Å²) in [5, 5.41) is 15.5. The highest BCUT2D eigenvalue weighted by Crippen LogP contribution is 2.41. The number of rotatable bonds is 0. The van der Waals surface area contributed by atoms with Gasteiger partial charge in [0.25, 0.3) is 0 Å². The predicted molar refractivity (Wildman–Crippen MR) is 455 cm³/mol. The van der Waals surface area contributed by atoms with Crippen LogP contribution in [-0.2, 0) is 70.5 Å². The first-order chi connectivity index (χ1) is 51.7. The molecular weight excluding hydrogens is 1330 g/mol. The number of para-hydroxylation sites is 7. The predicted octanol–water partition coefficient (Wildman–Crippen LogP) is 24.0. The van der Waals surface area contributed by atoms with E-state index in [2.05, 4.69) is 317 Å². The van der Waals surface area contributed by atoms with Crippen molar-refractivity contribution in [1.82, 2.24) is 45.7 Å². The zero-order valence-electron chi connectivity index (χ0n) is 67.3. The number of hydrogen-bond donors (Lipinski definition) is 0. The Bertz CT molecular complexity index is 6580. The van der Waals surface area contributed by atoms with Gasteiger partial charge in [-0.3, -0.25) is 0 Å². The summed E-state index contributed by atoms with van der Waals surface area (Å²) in [7, 11) is 21.1. The van der Waals surface area contributed by atoms with E-state index in [0.717, 1.165) is 45.5 Å². The van der Waals surface area contributed by atoms with Crippen LogP contribution in [0.2, 0.25) is 0 Å². The van der Waals surface area contributed by atoms with E-state index in [-0.39, 0.29) is 0 Å². The largest absolute Gasteiger partial charge is 0.445 e. The summed E-state index contributed by atoms with van der Waals surface area (Å²) in [5.41, 5.74) is 34.9. The van der Waals surface area contributed by atoms with Crippen LogP contribution in [0.15, 0.2) is 188 Å². The minimum atomic E-state index is 0.973. The van der Waals surface area contributed by atoms with Crippen molar-refractivity contribution in [1.29, 1.82) is 0 Å². The molecule has 14 aromatic heterocycles. The van der Waals surface area contributed by atoms with Crippen molar-refractivity contribution in [2.75, 3.05) is 0 Å². The Morgan fingerprint density at radius 2 is 0.454 bits per heavy atom. The van der Waals surface area contributed by atoms with Gasteiger partial charge < -0.3 is 63.3 Å². The molecule has 0 bridgehead atoms. The van der Waals surface area contributed by atoms with E-state index in [9.17, 15) is 0 Å². The van der Waals surface area contributed by atoms with Crippen molar-refractivity contribution < 1.29 is 17.7 Å². The molecule has 0 unspecified atom stereocenters. The molecule has 0 spiro atoms. The van der Waals surface area contributed by atoms with Crippen LogP contribution in [0.5, 0.6) is 0 Å². The van der Waals surface area contributed by atoms with Crippen molar-refractivity contribution in [3.63, 3.8) is 0 Å². The summed E-state index contributed by atoms with van der Waals surface area (Å²) >= 11 is 0. The van der Waals surface area contributed by atoms with Crippen LogP contribution >= 0.6 is 0 Å². The lowest BCUT2D eigenvalue weighted by molar-refractivity contribution is 0.551. The van der Waals surface area contributed by atoms with E-state index in [1.165, 1.54) is 187 Å². The van der Waals surface area contributed by atoms with Crippen LogP contribution < -0.4 is 0 Å². The van der Waals surface area contributed by atoms with Crippen molar-refractivity contribution in [2.45, 2.75) is 96.9 Å². The fourth-order valence-corrected chi connectivity index (χ4v) is 17.1. The molecule has 108 heavy (non-hydrogen) atoms. The van der Waals surface area contributed by atoms with Crippen LogP contribution in [0.25, 0.3) is 154 Å². The van der Waals surface area contributed by atoms with Crippen LogP contribution in [0.4, 0.5) is 0 Å². The Kier molecular flexibility index (Phi) is 18.0. The summed E-state index contributed by atoms with van der Waals surface area (Å²) in [5.74, 6) is 2.03. The van der Waals surface area contributed by atoms with Gasteiger partial charge in [0.15, 0.2) is 0 Å². The molecular formula is C94H100N10O4. The lowest BCUT2D eigenvalue weighted by Crippen LogP contribution is -1.97. The number of furan rings is 4. The molecule has 0 fully saturated rings. The van der Waals surface area contributed by atoms with Crippen LogP contribution in [0, 0.1) is 96.9 Å². The minimum absolute atomic E-state index is 0.973. The van der Waals surface area contributed by atoms with E-state index < -0.39 is 0 Å². The molecule has 0 saturated carbocycles. The molecule has 0 N–H and O–H groups in total. The van der Waals surface area contributed by atoms with Gasteiger partial charge >= 0.3 is 0 Å². The standard InChI is InChI=1S/3C14H16N2.4C13H13NO/c2*1-9-10(2)15(3)14-11-7-5-6-8-12(11)16(4)13(9)14;1-9-10(2)15(3)14-13(9)11-7-5-6-8-12(11)16(14)4;2*1-8-9(2)15-13-12(8)10-6-4-5-7-11(10)14(13)3;2*1-8-9(2)14(3)13-12(8)10-6-4-5-7-11(10)15-13/h3*5-8H,1-4H3;4*4-7H,1-3H3. The van der Waals surface area contributed by atoms with Crippen LogP contribution in [0.1, 0.15) is 78.9 Å². The molecule has 0 saturated heterocycles. The van der Waals surface area contributed by atoms with Gasteiger partial charge in [-0.2, -0.15) is 0 Å². The summed E-state index contributed by atoms with van der Waals surface area (Å²) in [6.45, 7) is 30.0. The fraction of sp³-hybridized carbons (Fsp3) is 0.255. The smallest absolute Gasteiger partial charge is 0.208 e. The highest BCUT2D eigenvalue weighted by atomic mass is 16.4. The van der Waals surface area contributed by atoms with Gasteiger partial charge in [-0.25, -0.2) is 0 Å². The first-order valence-corrected chi connectivity index (χ1v) is 37.4. The number of nitrogens with zero attached hydrogens (tertiary/aromatic N) is 10. The van der Waals surface area contributed by atoms with E-state index in [1.54, 1.807) is 0 Å². The summed E-state index contributed by atoms with van der Waals surface area (Å²) < 4.78 is 45.5. The third-order valence-electron chi connectivity index (χ3n) is 24.5.